The van der Waals surface area contributed by atoms with Gasteiger partial charge < -0.3 is 10.1 Å². The number of pyridine rings is 1. The van der Waals surface area contributed by atoms with Gasteiger partial charge in [-0.05, 0) is 42.5 Å². The highest BCUT2D eigenvalue weighted by Crippen LogP contribution is 2.36. The summed E-state index contributed by atoms with van der Waals surface area (Å²) < 4.78 is 83.6. The zero-order valence-electron chi connectivity index (χ0n) is 18.6. The quantitative estimate of drug-likeness (QED) is 0.339. The fourth-order valence-electron chi connectivity index (χ4n) is 2.91. The highest BCUT2D eigenvalue weighted by Gasteiger charge is 2.37. The van der Waals surface area contributed by atoms with E-state index in [0.29, 0.717) is 0 Å². The van der Waals surface area contributed by atoms with E-state index in [1.165, 1.54) is 49.6 Å². The Kier molecular flexibility index (Phi) is 7.70. The number of hydrogen-bond acceptors (Lipinski definition) is 5. The molecule has 14 heteroatoms. The fourth-order valence-corrected chi connectivity index (χ4v) is 2.91. The Hall–Kier alpha value is -4.62. The smallest absolute Gasteiger partial charge is 0.416 e. The van der Waals surface area contributed by atoms with Crippen LogP contribution in [0.25, 0.3) is 0 Å². The number of benzene rings is 2. The van der Waals surface area contributed by atoms with E-state index in [2.05, 4.69) is 10.3 Å². The van der Waals surface area contributed by atoms with Gasteiger partial charge in [0.15, 0.2) is 0 Å². The number of hydrazine groups is 1. The summed E-state index contributed by atoms with van der Waals surface area (Å²) in [5.41, 5.74) is -0.632. The number of aromatic nitrogens is 1. The van der Waals surface area contributed by atoms with Crippen LogP contribution in [0.4, 0.5) is 26.3 Å². The second-order valence-electron chi connectivity index (χ2n) is 7.29. The van der Waals surface area contributed by atoms with E-state index in [1.54, 1.807) is 5.43 Å². The number of rotatable bonds is 5. The van der Waals surface area contributed by atoms with Crippen LogP contribution in [0.3, 0.4) is 0 Å². The fraction of sp³-hybridized carbons (Fsp3) is 0.130. The van der Waals surface area contributed by atoms with Crippen molar-refractivity contribution in [2.75, 3.05) is 7.05 Å². The van der Waals surface area contributed by atoms with Crippen molar-refractivity contribution in [2.24, 2.45) is 0 Å². The molecule has 0 saturated carbocycles. The van der Waals surface area contributed by atoms with Crippen molar-refractivity contribution in [1.29, 1.82) is 0 Å². The number of carbonyl (C=O) groups excluding carboxylic acids is 3. The van der Waals surface area contributed by atoms with Crippen molar-refractivity contribution in [3.8, 4) is 11.5 Å². The van der Waals surface area contributed by atoms with Gasteiger partial charge in [0.25, 0.3) is 17.7 Å². The highest BCUT2D eigenvalue weighted by molar-refractivity contribution is 5.99. The number of alkyl halides is 6. The van der Waals surface area contributed by atoms with Gasteiger partial charge in [0.05, 0.1) is 11.1 Å². The molecule has 0 spiro atoms. The first-order valence-corrected chi connectivity index (χ1v) is 10.1. The highest BCUT2D eigenvalue weighted by atomic mass is 19.4. The molecule has 3 aromatic rings. The summed E-state index contributed by atoms with van der Waals surface area (Å²) in [7, 11) is 1.42. The Morgan fingerprint density at radius 2 is 1.30 bits per heavy atom. The molecule has 1 heterocycles. The second-order valence-corrected chi connectivity index (χ2v) is 7.29. The Labute approximate surface area is 204 Å². The monoisotopic (exact) mass is 526 g/mol. The van der Waals surface area contributed by atoms with E-state index < -0.39 is 46.8 Å². The Balaban J connectivity index is 1.73. The van der Waals surface area contributed by atoms with Crippen molar-refractivity contribution in [1.82, 2.24) is 21.2 Å². The summed E-state index contributed by atoms with van der Waals surface area (Å²) in [4.78, 5) is 40.2. The normalized spacial score (nSPS) is 11.4. The molecule has 3 N–H and O–H groups in total. The first-order chi connectivity index (χ1) is 17.3. The van der Waals surface area contributed by atoms with Crippen LogP contribution in [-0.2, 0) is 12.4 Å². The largest absolute Gasteiger partial charge is 0.457 e. The summed E-state index contributed by atoms with van der Waals surface area (Å²) in [6.45, 7) is 0. The third-order valence-electron chi connectivity index (χ3n) is 4.66. The summed E-state index contributed by atoms with van der Waals surface area (Å²) in [5.74, 6) is -2.46. The molecule has 37 heavy (non-hydrogen) atoms. The van der Waals surface area contributed by atoms with Crippen LogP contribution in [0.15, 0.2) is 60.8 Å². The Morgan fingerprint density at radius 1 is 0.730 bits per heavy atom. The van der Waals surface area contributed by atoms with Gasteiger partial charge in [-0.25, -0.2) is 0 Å². The lowest BCUT2D eigenvalue weighted by Crippen LogP contribution is -2.41. The molecule has 1 aromatic heterocycles. The number of nitrogens with zero attached hydrogens (tertiary/aromatic N) is 1. The minimum atomic E-state index is -5.14. The van der Waals surface area contributed by atoms with Crippen molar-refractivity contribution >= 4 is 17.7 Å². The van der Waals surface area contributed by atoms with Gasteiger partial charge in [-0.2, -0.15) is 26.3 Å². The number of carbonyl (C=O) groups is 3. The van der Waals surface area contributed by atoms with Gasteiger partial charge in [0.1, 0.15) is 17.2 Å². The molecule has 0 saturated heterocycles. The van der Waals surface area contributed by atoms with E-state index in [0.717, 1.165) is 0 Å². The topological polar surface area (TPSA) is 109 Å². The average Bonchev–Trinajstić information content (AvgIpc) is 2.85. The van der Waals surface area contributed by atoms with Crippen LogP contribution in [0, 0.1) is 0 Å². The molecule has 0 aliphatic rings. The number of ether oxygens (including phenoxy) is 1. The van der Waals surface area contributed by atoms with Crippen LogP contribution >= 0.6 is 0 Å². The van der Waals surface area contributed by atoms with Crippen molar-refractivity contribution < 1.29 is 45.5 Å². The van der Waals surface area contributed by atoms with Gasteiger partial charge >= 0.3 is 12.4 Å². The molecule has 8 nitrogen and oxygen atoms in total. The first kappa shape index (κ1) is 27.0. The Morgan fingerprint density at radius 3 is 1.86 bits per heavy atom. The van der Waals surface area contributed by atoms with Crippen LogP contribution in [0.2, 0.25) is 0 Å². The van der Waals surface area contributed by atoms with E-state index >= 15 is 0 Å². The van der Waals surface area contributed by atoms with Crippen LogP contribution in [0.5, 0.6) is 11.5 Å². The van der Waals surface area contributed by atoms with Gasteiger partial charge in [-0.3, -0.25) is 30.2 Å². The van der Waals surface area contributed by atoms with Crippen LogP contribution in [-0.4, -0.2) is 29.8 Å². The molecular formula is C23H16F6N4O4. The minimum absolute atomic E-state index is 0.0693. The van der Waals surface area contributed by atoms with Crippen molar-refractivity contribution in [2.45, 2.75) is 12.4 Å². The minimum Gasteiger partial charge on any atom is -0.457 e. The molecule has 0 radical (unpaired) electrons. The van der Waals surface area contributed by atoms with Crippen molar-refractivity contribution in [3.05, 3.63) is 88.7 Å². The molecule has 0 unspecified atom stereocenters. The molecule has 0 aliphatic heterocycles. The van der Waals surface area contributed by atoms with Gasteiger partial charge in [0.2, 0.25) is 0 Å². The number of amides is 3. The van der Waals surface area contributed by atoms with Gasteiger partial charge in [-0.1, -0.05) is 6.07 Å². The van der Waals surface area contributed by atoms with Crippen molar-refractivity contribution in [3.63, 3.8) is 0 Å². The molecule has 194 valence electrons. The van der Waals surface area contributed by atoms with E-state index in [-0.39, 0.29) is 41.0 Å². The molecule has 0 fully saturated rings. The first-order valence-electron chi connectivity index (χ1n) is 10.1. The second kappa shape index (κ2) is 10.6. The number of hydrogen-bond donors (Lipinski definition) is 3. The third-order valence-corrected chi connectivity index (χ3v) is 4.66. The molecule has 2 aromatic carbocycles. The maximum Gasteiger partial charge on any atom is 0.416 e. The van der Waals surface area contributed by atoms with E-state index in [9.17, 15) is 40.7 Å². The average molecular weight is 526 g/mol. The molecule has 0 bridgehead atoms. The molecule has 3 rings (SSSR count). The molecule has 0 aliphatic carbocycles. The lowest BCUT2D eigenvalue weighted by Gasteiger charge is -2.14. The zero-order chi connectivity index (χ0) is 27.4. The zero-order valence-corrected chi connectivity index (χ0v) is 18.6. The van der Waals surface area contributed by atoms with Crippen LogP contribution in [0.1, 0.15) is 42.3 Å². The molecular weight excluding hydrogens is 510 g/mol. The summed E-state index contributed by atoms with van der Waals surface area (Å²) in [5, 5.41) is 2.40. The molecule has 0 atom stereocenters. The van der Waals surface area contributed by atoms with E-state index in [1.807, 2.05) is 5.43 Å². The van der Waals surface area contributed by atoms with Crippen LogP contribution < -0.4 is 20.9 Å². The van der Waals surface area contributed by atoms with E-state index in [4.69, 9.17) is 4.74 Å². The summed E-state index contributed by atoms with van der Waals surface area (Å²) in [6.07, 6.45) is -8.96. The lowest BCUT2D eigenvalue weighted by atomic mass is 10.0. The van der Waals surface area contributed by atoms with Gasteiger partial charge in [-0.15, -0.1) is 0 Å². The SMILES string of the molecule is CNC(=O)c1cc(Oc2cccc(C(=O)NNC(=O)c3cc(C(F)(F)F)cc(C(F)(F)F)c3)c2)ccn1. The van der Waals surface area contributed by atoms with Gasteiger partial charge in [0, 0.05) is 30.4 Å². The number of halogens is 6. The standard InChI is InChI=1S/C23H16F6N4O4/c1-30-21(36)18-11-17(5-6-31-18)37-16-4-2-3-12(9-16)19(34)32-33-20(35)13-7-14(22(24,25)26)10-15(8-13)23(27,28)29/h2-11H,1H3,(H,30,36)(H,32,34)(H,33,35). The number of nitrogens with one attached hydrogen (secondary N) is 3. The maximum atomic E-state index is 13.0. The Bertz CT molecular complexity index is 1310. The third kappa shape index (κ3) is 6.96. The predicted molar refractivity (Wildman–Crippen MR) is 116 cm³/mol. The maximum absolute atomic E-state index is 13.0. The summed E-state index contributed by atoms with van der Waals surface area (Å²) >= 11 is 0. The predicted octanol–water partition coefficient (Wildman–Crippen LogP) is 4.35. The lowest BCUT2D eigenvalue weighted by molar-refractivity contribution is -0.143. The summed E-state index contributed by atoms with van der Waals surface area (Å²) in [6, 6.07) is 8.56. The molecule has 3 amide bonds.